The molecule has 9 heteroatoms. The van der Waals surface area contributed by atoms with Crippen LogP contribution in [0.4, 0.5) is 18.0 Å². The molecule has 0 unspecified atom stereocenters. The minimum atomic E-state index is -4.64. The van der Waals surface area contributed by atoms with Crippen LogP contribution in [0.25, 0.3) is 0 Å². The number of alkyl halides is 3. The van der Waals surface area contributed by atoms with Crippen molar-refractivity contribution >= 4 is 12.1 Å². The van der Waals surface area contributed by atoms with Crippen molar-refractivity contribution in [1.29, 1.82) is 0 Å². The molecule has 27 heavy (non-hydrogen) atoms. The number of amides is 1. The summed E-state index contributed by atoms with van der Waals surface area (Å²) in [6.07, 6.45) is -5.65. The van der Waals surface area contributed by atoms with E-state index in [0.717, 1.165) is 13.2 Å². The molecule has 0 N–H and O–H groups in total. The molecule has 1 aliphatic heterocycles. The highest BCUT2D eigenvalue weighted by molar-refractivity contribution is 5.92. The molecule has 1 fully saturated rings. The third kappa shape index (κ3) is 5.05. The van der Waals surface area contributed by atoms with E-state index in [0.29, 0.717) is 0 Å². The van der Waals surface area contributed by atoms with Crippen LogP contribution in [-0.4, -0.2) is 48.9 Å². The monoisotopic (exact) mass is 389 g/mol. The van der Waals surface area contributed by atoms with Crippen LogP contribution in [0.5, 0.6) is 5.75 Å². The van der Waals surface area contributed by atoms with Crippen LogP contribution < -0.4 is 4.74 Å². The first kappa shape index (κ1) is 20.9. The zero-order valence-corrected chi connectivity index (χ0v) is 15.8. The van der Waals surface area contributed by atoms with Crippen molar-refractivity contribution < 1.29 is 37.0 Å². The summed E-state index contributed by atoms with van der Waals surface area (Å²) in [5.74, 6) is -0.991. The summed E-state index contributed by atoms with van der Waals surface area (Å²) in [4.78, 5) is 25.1. The highest BCUT2D eigenvalue weighted by atomic mass is 19.4. The predicted octanol–water partition coefficient (Wildman–Crippen LogP) is 3.80. The number of rotatable bonds is 3. The Hall–Kier alpha value is -2.45. The van der Waals surface area contributed by atoms with Gasteiger partial charge in [-0.1, -0.05) is 0 Å². The summed E-state index contributed by atoms with van der Waals surface area (Å²) < 4.78 is 55.1. The van der Waals surface area contributed by atoms with Crippen LogP contribution in [0.3, 0.4) is 0 Å². The van der Waals surface area contributed by atoms with Gasteiger partial charge in [0.25, 0.3) is 0 Å². The van der Waals surface area contributed by atoms with Gasteiger partial charge in [0, 0.05) is 0 Å². The Morgan fingerprint density at radius 3 is 2.22 bits per heavy atom. The number of carbonyl (C=O) groups is 2. The summed E-state index contributed by atoms with van der Waals surface area (Å²) >= 11 is 0. The Kier molecular flexibility index (Phi) is 5.63. The van der Waals surface area contributed by atoms with Crippen LogP contribution in [0.15, 0.2) is 12.1 Å². The van der Waals surface area contributed by atoms with Crippen LogP contribution in [0, 0.1) is 6.92 Å². The third-order valence-corrected chi connectivity index (χ3v) is 3.89. The molecule has 0 radical (unpaired) electrons. The largest absolute Gasteiger partial charge is 0.487 e. The van der Waals surface area contributed by atoms with E-state index in [1.165, 1.54) is 17.9 Å². The average molecular weight is 389 g/mol. The van der Waals surface area contributed by atoms with Crippen LogP contribution in [0.2, 0.25) is 0 Å². The van der Waals surface area contributed by atoms with Gasteiger partial charge in [0.15, 0.2) is 0 Å². The van der Waals surface area contributed by atoms with Crippen molar-refractivity contribution in [3.63, 3.8) is 0 Å². The zero-order chi connectivity index (χ0) is 20.6. The predicted molar refractivity (Wildman–Crippen MR) is 89.7 cm³/mol. The molecule has 0 aliphatic carbocycles. The molecule has 0 atom stereocenters. The Bertz CT molecular complexity index is 734. The van der Waals surface area contributed by atoms with E-state index in [-0.39, 0.29) is 30.0 Å². The van der Waals surface area contributed by atoms with E-state index >= 15 is 0 Å². The van der Waals surface area contributed by atoms with Gasteiger partial charge in [-0.05, 0) is 45.4 Å². The molecule has 6 nitrogen and oxygen atoms in total. The third-order valence-electron chi connectivity index (χ3n) is 3.89. The second-order valence-corrected chi connectivity index (χ2v) is 7.26. The van der Waals surface area contributed by atoms with Crippen molar-refractivity contribution in [3.05, 3.63) is 28.8 Å². The summed E-state index contributed by atoms with van der Waals surface area (Å²) in [5, 5.41) is 0. The molecule has 1 aromatic rings. The van der Waals surface area contributed by atoms with E-state index in [2.05, 4.69) is 4.74 Å². The summed E-state index contributed by atoms with van der Waals surface area (Å²) in [6.45, 7) is 6.76. The number of likely N-dealkylation sites (tertiary alicyclic amines) is 1. The van der Waals surface area contributed by atoms with E-state index in [1.54, 1.807) is 20.8 Å². The highest BCUT2D eigenvalue weighted by Crippen LogP contribution is 2.36. The molecule has 0 spiro atoms. The molecule has 1 aromatic carbocycles. The fraction of sp³-hybridized carbons (Fsp3) is 0.556. The Morgan fingerprint density at radius 1 is 1.15 bits per heavy atom. The second-order valence-electron chi connectivity index (χ2n) is 7.26. The number of hydrogen-bond acceptors (Lipinski definition) is 5. The standard InChI is InChI=1S/C18H22F3NO5/c1-10-13(15(23)25-5)6-11(7-14(10)18(19,20)21)26-12-8-22(9-12)16(24)27-17(2,3)4/h6-7,12H,8-9H2,1-5H3. The van der Waals surface area contributed by atoms with E-state index < -0.39 is 35.5 Å². The maximum Gasteiger partial charge on any atom is 0.416 e. The number of ether oxygens (including phenoxy) is 3. The van der Waals surface area contributed by atoms with Gasteiger partial charge >= 0.3 is 18.2 Å². The van der Waals surface area contributed by atoms with Gasteiger partial charge in [0.05, 0.1) is 31.3 Å². The minimum Gasteiger partial charge on any atom is -0.487 e. The van der Waals surface area contributed by atoms with Gasteiger partial charge < -0.3 is 19.1 Å². The van der Waals surface area contributed by atoms with Crippen molar-refractivity contribution in [1.82, 2.24) is 4.90 Å². The van der Waals surface area contributed by atoms with Gasteiger partial charge in [0.2, 0.25) is 0 Å². The maximum absolute atomic E-state index is 13.3. The molecule has 0 saturated carbocycles. The molecular formula is C18H22F3NO5. The summed E-state index contributed by atoms with van der Waals surface area (Å²) in [6, 6.07) is 2.06. The fourth-order valence-corrected chi connectivity index (χ4v) is 2.55. The van der Waals surface area contributed by atoms with Crippen LogP contribution in [-0.2, 0) is 15.7 Å². The van der Waals surface area contributed by atoms with Gasteiger partial charge in [0.1, 0.15) is 17.5 Å². The normalized spacial score (nSPS) is 15.2. The molecule has 1 saturated heterocycles. The Balaban J connectivity index is 2.14. The molecule has 1 aliphatic rings. The van der Waals surface area contributed by atoms with Gasteiger partial charge in [-0.25, -0.2) is 9.59 Å². The number of hydrogen-bond donors (Lipinski definition) is 0. The quantitative estimate of drug-likeness (QED) is 0.736. The second kappa shape index (κ2) is 7.28. The number of methoxy groups -OCH3 is 1. The number of carbonyl (C=O) groups excluding carboxylic acids is 2. The lowest BCUT2D eigenvalue weighted by Gasteiger charge is -2.39. The lowest BCUT2D eigenvalue weighted by molar-refractivity contribution is -0.138. The highest BCUT2D eigenvalue weighted by Gasteiger charge is 2.38. The van der Waals surface area contributed by atoms with Gasteiger partial charge in [-0.2, -0.15) is 13.2 Å². The van der Waals surface area contributed by atoms with Crippen molar-refractivity contribution in [2.75, 3.05) is 20.2 Å². The van der Waals surface area contributed by atoms with E-state index in [1.807, 2.05) is 0 Å². The first-order chi connectivity index (χ1) is 12.3. The topological polar surface area (TPSA) is 65.1 Å². The molecule has 0 aromatic heterocycles. The van der Waals surface area contributed by atoms with Crippen molar-refractivity contribution in [2.45, 2.75) is 45.6 Å². The number of esters is 1. The molecule has 1 amide bonds. The molecule has 2 rings (SSSR count). The number of halogens is 3. The van der Waals surface area contributed by atoms with E-state index in [4.69, 9.17) is 9.47 Å². The van der Waals surface area contributed by atoms with Crippen LogP contribution in [0.1, 0.15) is 42.3 Å². The lowest BCUT2D eigenvalue weighted by Crippen LogP contribution is -2.57. The molecule has 150 valence electrons. The summed E-state index contributed by atoms with van der Waals surface area (Å²) in [5.41, 5.74) is -2.06. The van der Waals surface area contributed by atoms with Crippen molar-refractivity contribution in [3.8, 4) is 5.75 Å². The first-order valence-electron chi connectivity index (χ1n) is 8.26. The molecular weight excluding hydrogens is 367 g/mol. The van der Waals surface area contributed by atoms with Crippen LogP contribution >= 0.6 is 0 Å². The number of nitrogens with zero attached hydrogens (tertiary/aromatic N) is 1. The van der Waals surface area contributed by atoms with Gasteiger partial charge in [-0.3, -0.25) is 0 Å². The fourth-order valence-electron chi connectivity index (χ4n) is 2.55. The smallest absolute Gasteiger partial charge is 0.416 e. The van der Waals surface area contributed by atoms with E-state index in [9.17, 15) is 22.8 Å². The SMILES string of the molecule is COC(=O)c1cc(OC2CN(C(=O)OC(C)(C)C)C2)cc(C(F)(F)F)c1C. The van der Waals surface area contributed by atoms with Crippen molar-refractivity contribution in [2.24, 2.45) is 0 Å². The molecule has 0 bridgehead atoms. The molecule has 1 heterocycles. The lowest BCUT2D eigenvalue weighted by atomic mass is 10.0. The maximum atomic E-state index is 13.3. The zero-order valence-electron chi connectivity index (χ0n) is 15.8. The Labute approximate surface area is 155 Å². The van der Waals surface area contributed by atoms with Gasteiger partial charge in [-0.15, -0.1) is 0 Å². The average Bonchev–Trinajstić information content (AvgIpc) is 2.47. The Morgan fingerprint density at radius 2 is 1.74 bits per heavy atom. The summed E-state index contributed by atoms with van der Waals surface area (Å²) in [7, 11) is 1.09. The first-order valence-corrected chi connectivity index (χ1v) is 8.26. The minimum absolute atomic E-state index is 0.109. The number of benzene rings is 1.